The summed E-state index contributed by atoms with van der Waals surface area (Å²) in [5.74, 6) is 0. The third kappa shape index (κ3) is 3.14. The van der Waals surface area contributed by atoms with Crippen molar-refractivity contribution < 1.29 is 0 Å². The summed E-state index contributed by atoms with van der Waals surface area (Å²) in [6.45, 7) is 5.37. The maximum atomic E-state index is 4.08. The van der Waals surface area contributed by atoms with Crippen molar-refractivity contribution in [2.75, 3.05) is 6.54 Å². The minimum Gasteiger partial charge on any atom is -0.306 e. The fourth-order valence-corrected chi connectivity index (χ4v) is 2.62. The molecule has 2 heterocycles. The van der Waals surface area contributed by atoms with E-state index in [2.05, 4.69) is 47.7 Å². The second kappa shape index (κ2) is 5.94. The fourth-order valence-electron chi connectivity index (χ4n) is 1.89. The molecule has 17 heavy (non-hydrogen) atoms. The average Bonchev–Trinajstić information content (AvgIpc) is 2.78. The smallest absolute Gasteiger partial charge is 0.0586 e. The number of nitrogens with zero attached hydrogens (tertiary/aromatic N) is 1. The van der Waals surface area contributed by atoms with Gasteiger partial charge in [0.15, 0.2) is 0 Å². The molecule has 0 fully saturated rings. The Morgan fingerprint density at radius 2 is 2.06 bits per heavy atom. The van der Waals surface area contributed by atoms with Gasteiger partial charge in [-0.3, -0.25) is 4.98 Å². The maximum absolute atomic E-state index is 4.08. The van der Waals surface area contributed by atoms with E-state index in [1.54, 1.807) is 11.3 Å². The van der Waals surface area contributed by atoms with E-state index in [1.807, 2.05) is 12.4 Å². The van der Waals surface area contributed by atoms with E-state index in [0.717, 1.165) is 13.0 Å². The SMILES string of the molecule is CCCNC(c1ccncc1)c1csc(C)c1. The molecule has 0 aliphatic rings. The second-order valence-electron chi connectivity index (χ2n) is 4.16. The lowest BCUT2D eigenvalue weighted by Crippen LogP contribution is -2.22. The minimum atomic E-state index is 0.294. The number of aryl methyl sites for hydroxylation is 1. The summed E-state index contributed by atoms with van der Waals surface area (Å²) in [4.78, 5) is 5.44. The zero-order chi connectivity index (χ0) is 12.1. The van der Waals surface area contributed by atoms with Gasteiger partial charge in [0, 0.05) is 17.3 Å². The number of rotatable bonds is 5. The molecular weight excluding hydrogens is 228 g/mol. The quantitative estimate of drug-likeness (QED) is 0.873. The van der Waals surface area contributed by atoms with E-state index >= 15 is 0 Å². The lowest BCUT2D eigenvalue weighted by atomic mass is 10.0. The van der Waals surface area contributed by atoms with Crippen molar-refractivity contribution in [3.8, 4) is 0 Å². The number of hydrogen-bond donors (Lipinski definition) is 1. The largest absolute Gasteiger partial charge is 0.306 e. The molecule has 0 saturated carbocycles. The van der Waals surface area contributed by atoms with Gasteiger partial charge < -0.3 is 5.32 Å². The van der Waals surface area contributed by atoms with Crippen molar-refractivity contribution in [2.45, 2.75) is 26.3 Å². The Morgan fingerprint density at radius 3 is 2.65 bits per heavy atom. The molecule has 2 rings (SSSR count). The van der Waals surface area contributed by atoms with Gasteiger partial charge >= 0.3 is 0 Å². The van der Waals surface area contributed by atoms with Gasteiger partial charge in [-0.1, -0.05) is 6.92 Å². The molecule has 1 unspecified atom stereocenters. The van der Waals surface area contributed by atoms with Crippen molar-refractivity contribution in [2.24, 2.45) is 0 Å². The van der Waals surface area contributed by atoms with Gasteiger partial charge in [-0.15, -0.1) is 11.3 Å². The highest BCUT2D eigenvalue weighted by Crippen LogP contribution is 2.25. The van der Waals surface area contributed by atoms with Crippen LogP contribution in [0.1, 0.15) is 35.4 Å². The Hall–Kier alpha value is -1.19. The molecule has 2 aromatic rings. The third-order valence-corrected chi connectivity index (χ3v) is 3.60. The van der Waals surface area contributed by atoms with Crippen molar-refractivity contribution in [1.29, 1.82) is 0 Å². The highest BCUT2D eigenvalue weighted by atomic mass is 32.1. The van der Waals surface area contributed by atoms with Crippen molar-refractivity contribution in [3.63, 3.8) is 0 Å². The predicted octanol–water partition coefficient (Wildman–Crippen LogP) is 3.54. The van der Waals surface area contributed by atoms with Crippen LogP contribution in [0.5, 0.6) is 0 Å². The molecule has 90 valence electrons. The van der Waals surface area contributed by atoms with Crippen LogP contribution in [-0.2, 0) is 0 Å². The van der Waals surface area contributed by atoms with E-state index in [0.29, 0.717) is 6.04 Å². The summed E-state index contributed by atoms with van der Waals surface area (Å²) in [6, 6.07) is 6.72. The van der Waals surface area contributed by atoms with Gasteiger partial charge in [-0.2, -0.15) is 0 Å². The molecule has 1 atom stereocenters. The third-order valence-electron chi connectivity index (χ3n) is 2.72. The summed E-state index contributed by atoms with van der Waals surface area (Å²) in [7, 11) is 0. The molecule has 2 nitrogen and oxygen atoms in total. The van der Waals surface area contributed by atoms with E-state index in [9.17, 15) is 0 Å². The van der Waals surface area contributed by atoms with Crippen LogP contribution in [0.3, 0.4) is 0 Å². The zero-order valence-corrected chi connectivity index (χ0v) is 11.1. The van der Waals surface area contributed by atoms with E-state index in [1.165, 1.54) is 16.0 Å². The molecule has 0 aromatic carbocycles. The number of hydrogen-bond acceptors (Lipinski definition) is 3. The maximum Gasteiger partial charge on any atom is 0.0586 e. The van der Waals surface area contributed by atoms with Crippen LogP contribution < -0.4 is 5.32 Å². The molecule has 2 aromatic heterocycles. The Morgan fingerprint density at radius 1 is 1.29 bits per heavy atom. The van der Waals surface area contributed by atoms with Gasteiger partial charge in [-0.25, -0.2) is 0 Å². The Balaban J connectivity index is 2.25. The van der Waals surface area contributed by atoms with Crippen LogP contribution in [0, 0.1) is 6.92 Å². The van der Waals surface area contributed by atoms with Gasteiger partial charge in [0.25, 0.3) is 0 Å². The molecule has 0 aliphatic carbocycles. The van der Waals surface area contributed by atoms with Crippen molar-refractivity contribution >= 4 is 11.3 Å². The molecule has 0 spiro atoms. The summed E-state index contributed by atoms with van der Waals surface area (Å²) >= 11 is 1.81. The first-order valence-electron chi connectivity index (χ1n) is 5.99. The monoisotopic (exact) mass is 246 g/mol. The van der Waals surface area contributed by atoms with Crippen molar-refractivity contribution in [3.05, 3.63) is 52.0 Å². The normalized spacial score (nSPS) is 12.6. The Labute approximate surface area is 107 Å². The number of aromatic nitrogens is 1. The number of pyridine rings is 1. The van der Waals surface area contributed by atoms with Gasteiger partial charge in [0.2, 0.25) is 0 Å². The summed E-state index contributed by atoms with van der Waals surface area (Å²) in [6.07, 6.45) is 4.86. The van der Waals surface area contributed by atoms with E-state index in [-0.39, 0.29) is 0 Å². The first-order valence-corrected chi connectivity index (χ1v) is 6.87. The molecule has 0 bridgehead atoms. The minimum absolute atomic E-state index is 0.294. The Kier molecular flexibility index (Phi) is 4.29. The standard InChI is InChI=1S/C14H18N2S/c1-3-6-16-14(12-4-7-15-8-5-12)13-9-11(2)17-10-13/h4-5,7-10,14,16H,3,6H2,1-2H3. The zero-order valence-electron chi connectivity index (χ0n) is 10.3. The topological polar surface area (TPSA) is 24.9 Å². The lowest BCUT2D eigenvalue weighted by molar-refractivity contribution is 0.599. The lowest BCUT2D eigenvalue weighted by Gasteiger charge is -2.17. The molecular formula is C14H18N2S. The van der Waals surface area contributed by atoms with Crippen LogP contribution in [0.4, 0.5) is 0 Å². The molecule has 0 radical (unpaired) electrons. The highest BCUT2D eigenvalue weighted by molar-refractivity contribution is 7.10. The summed E-state index contributed by atoms with van der Waals surface area (Å²) < 4.78 is 0. The molecule has 0 amide bonds. The molecule has 3 heteroatoms. The van der Waals surface area contributed by atoms with Crippen LogP contribution >= 0.6 is 11.3 Å². The van der Waals surface area contributed by atoms with E-state index < -0.39 is 0 Å². The Bertz CT molecular complexity index is 450. The summed E-state index contributed by atoms with van der Waals surface area (Å²) in [5.41, 5.74) is 2.64. The molecule has 1 N–H and O–H groups in total. The predicted molar refractivity (Wildman–Crippen MR) is 73.4 cm³/mol. The first kappa shape index (κ1) is 12.3. The van der Waals surface area contributed by atoms with E-state index in [4.69, 9.17) is 0 Å². The highest BCUT2D eigenvalue weighted by Gasteiger charge is 2.13. The first-order chi connectivity index (χ1) is 8.31. The molecule has 0 aliphatic heterocycles. The fraction of sp³-hybridized carbons (Fsp3) is 0.357. The average molecular weight is 246 g/mol. The van der Waals surface area contributed by atoms with Gasteiger partial charge in [-0.05, 0) is 54.6 Å². The van der Waals surface area contributed by atoms with Gasteiger partial charge in [0.1, 0.15) is 0 Å². The number of thiophene rings is 1. The summed E-state index contributed by atoms with van der Waals surface area (Å²) in [5, 5.41) is 5.83. The number of nitrogens with one attached hydrogen (secondary N) is 1. The van der Waals surface area contributed by atoms with Crippen LogP contribution in [0.2, 0.25) is 0 Å². The van der Waals surface area contributed by atoms with Crippen LogP contribution in [0.15, 0.2) is 36.0 Å². The van der Waals surface area contributed by atoms with Crippen LogP contribution in [0.25, 0.3) is 0 Å². The van der Waals surface area contributed by atoms with Crippen molar-refractivity contribution in [1.82, 2.24) is 10.3 Å². The molecule has 0 saturated heterocycles. The van der Waals surface area contributed by atoms with Crippen LogP contribution in [-0.4, -0.2) is 11.5 Å². The second-order valence-corrected chi connectivity index (χ2v) is 5.27. The van der Waals surface area contributed by atoms with Gasteiger partial charge in [0.05, 0.1) is 6.04 Å².